The van der Waals surface area contributed by atoms with Gasteiger partial charge in [-0.15, -0.1) is 0 Å². The van der Waals surface area contributed by atoms with Crippen LogP contribution in [0.3, 0.4) is 0 Å². The number of ether oxygens (including phenoxy) is 2. The van der Waals surface area contributed by atoms with Crippen LogP contribution in [0, 0.1) is 5.92 Å². The van der Waals surface area contributed by atoms with E-state index >= 15 is 0 Å². The molecular weight excluding hydrogens is 372 g/mol. The molecule has 0 saturated carbocycles. The molecule has 158 valence electrons. The van der Waals surface area contributed by atoms with E-state index in [9.17, 15) is 5.11 Å². The quantitative estimate of drug-likeness (QED) is 0.450. The average Bonchev–Trinajstić information content (AvgIpc) is 2.69. The van der Waals surface area contributed by atoms with Gasteiger partial charge in [0.15, 0.2) is 0 Å². The Morgan fingerprint density at radius 2 is 1.93 bits per heavy atom. The van der Waals surface area contributed by atoms with Gasteiger partial charge < -0.3 is 35.2 Å². The highest BCUT2D eigenvalue weighted by molar-refractivity contribution is 5.75. The van der Waals surface area contributed by atoms with Crippen LogP contribution in [-0.2, 0) is 4.74 Å². The lowest BCUT2D eigenvalue weighted by Gasteiger charge is -2.40. The summed E-state index contributed by atoms with van der Waals surface area (Å²) in [5.74, 6) is 0.550. The third-order valence-corrected chi connectivity index (χ3v) is 4.83. The highest BCUT2D eigenvalue weighted by atomic mass is 16.5. The van der Waals surface area contributed by atoms with Gasteiger partial charge in [-0.25, -0.2) is 4.98 Å². The fourth-order valence-corrected chi connectivity index (χ4v) is 2.98. The van der Waals surface area contributed by atoms with Crippen LogP contribution >= 0.6 is 0 Å². The fourth-order valence-electron chi connectivity index (χ4n) is 2.98. The molecule has 3 rings (SSSR count). The molecule has 1 fully saturated rings. The van der Waals surface area contributed by atoms with Crippen molar-refractivity contribution < 1.29 is 19.7 Å². The molecule has 0 amide bonds. The molecule has 0 bridgehead atoms. The van der Waals surface area contributed by atoms with Gasteiger partial charge in [-0.05, 0) is 30.2 Å². The zero-order valence-electron chi connectivity index (χ0n) is 17.1. The Kier molecular flexibility index (Phi) is 7.13. The van der Waals surface area contributed by atoms with Crippen molar-refractivity contribution in [2.24, 2.45) is 5.92 Å². The summed E-state index contributed by atoms with van der Waals surface area (Å²) < 4.78 is 10.8. The summed E-state index contributed by atoms with van der Waals surface area (Å²) >= 11 is 0. The number of rotatable bonds is 10. The zero-order chi connectivity index (χ0) is 20.8. The Balaban J connectivity index is 1.66. The van der Waals surface area contributed by atoms with Gasteiger partial charge in [0.25, 0.3) is 0 Å². The van der Waals surface area contributed by atoms with E-state index in [0.29, 0.717) is 18.2 Å². The van der Waals surface area contributed by atoms with E-state index < -0.39 is 6.23 Å². The number of nitrogens with zero attached hydrogens (tertiary/aromatic N) is 2. The van der Waals surface area contributed by atoms with Gasteiger partial charge in [0.2, 0.25) is 5.88 Å². The molecule has 0 spiro atoms. The number of aromatic nitrogens is 1. The first-order valence-corrected chi connectivity index (χ1v) is 9.83. The lowest BCUT2D eigenvalue weighted by atomic mass is 10.1. The van der Waals surface area contributed by atoms with Crippen LogP contribution in [0.25, 0.3) is 0 Å². The van der Waals surface area contributed by atoms with E-state index in [2.05, 4.69) is 32.7 Å². The Bertz CT molecular complexity index is 779. The largest absolute Gasteiger partial charge is 0.481 e. The molecular formula is C21H30N4O4. The summed E-state index contributed by atoms with van der Waals surface area (Å²) in [6, 6.07) is 9.92. The van der Waals surface area contributed by atoms with Crippen molar-refractivity contribution in [2.75, 3.05) is 48.9 Å². The van der Waals surface area contributed by atoms with Crippen LogP contribution in [0.5, 0.6) is 5.88 Å². The summed E-state index contributed by atoms with van der Waals surface area (Å²) in [5.41, 5.74) is 3.51. The molecule has 1 unspecified atom stereocenters. The molecule has 8 nitrogen and oxygen atoms in total. The van der Waals surface area contributed by atoms with E-state index in [0.717, 1.165) is 30.2 Å². The molecule has 0 aliphatic carbocycles. The number of aliphatic hydroxyl groups excluding tert-OH is 2. The first kappa shape index (κ1) is 21.2. The predicted molar refractivity (Wildman–Crippen MR) is 114 cm³/mol. The summed E-state index contributed by atoms with van der Waals surface area (Å²) in [6.07, 6.45) is 1.15. The van der Waals surface area contributed by atoms with E-state index in [1.54, 1.807) is 19.4 Å². The predicted octanol–water partition coefficient (Wildman–Crippen LogP) is 2.42. The first-order chi connectivity index (χ1) is 14.0. The van der Waals surface area contributed by atoms with Gasteiger partial charge in [0.05, 0.1) is 44.0 Å². The first-order valence-electron chi connectivity index (χ1n) is 9.83. The number of hydrogen-bond acceptors (Lipinski definition) is 8. The van der Waals surface area contributed by atoms with Crippen LogP contribution < -0.4 is 20.3 Å². The fraction of sp³-hybridized carbons (Fsp3) is 0.476. The Morgan fingerprint density at radius 3 is 2.55 bits per heavy atom. The highest BCUT2D eigenvalue weighted by Gasteiger charge is 2.27. The molecule has 1 aliphatic rings. The van der Waals surface area contributed by atoms with Crippen molar-refractivity contribution >= 4 is 22.7 Å². The molecule has 29 heavy (non-hydrogen) atoms. The van der Waals surface area contributed by atoms with Crippen LogP contribution in [-0.4, -0.2) is 60.9 Å². The highest BCUT2D eigenvalue weighted by Crippen LogP contribution is 2.30. The van der Waals surface area contributed by atoms with Gasteiger partial charge in [0.1, 0.15) is 6.23 Å². The van der Waals surface area contributed by atoms with Gasteiger partial charge >= 0.3 is 0 Å². The van der Waals surface area contributed by atoms with Crippen LogP contribution in [0.1, 0.15) is 13.8 Å². The van der Waals surface area contributed by atoms with Crippen molar-refractivity contribution in [3.05, 3.63) is 36.5 Å². The van der Waals surface area contributed by atoms with Crippen molar-refractivity contribution in [3.63, 3.8) is 0 Å². The maximum Gasteiger partial charge on any atom is 0.215 e. The molecule has 1 aliphatic heterocycles. The Morgan fingerprint density at radius 1 is 1.21 bits per heavy atom. The third kappa shape index (κ3) is 5.50. The lowest BCUT2D eigenvalue weighted by Crippen LogP contribution is -2.52. The van der Waals surface area contributed by atoms with E-state index in [4.69, 9.17) is 14.6 Å². The monoisotopic (exact) mass is 402 g/mol. The number of aliphatic hydroxyl groups is 2. The Labute approximate surface area is 171 Å². The van der Waals surface area contributed by atoms with Crippen molar-refractivity contribution in [3.8, 4) is 5.88 Å². The molecule has 2 aromatic rings. The van der Waals surface area contributed by atoms with Gasteiger partial charge in [-0.2, -0.15) is 0 Å². The van der Waals surface area contributed by atoms with Crippen LogP contribution in [0.2, 0.25) is 0 Å². The van der Waals surface area contributed by atoms with Crippen molar-refractivity contribution in [1.29, 1.82) is 0 Å². The number of hydrogen-bond donors (Lipinski definition) is 4. The third-order valence-electron chi connectivity index (χ3n) is 4.83. The van der Waals surface area contributed by atoms with E-state index in [-0.39, 0.29) is 18.6 Å². The number of anilines is 4. The van der Waals surface area contributed by atoms with Crippen molar-refractivity contribution in [1.82, 2.24) is 4.98 Å². The molecule has 0 radical (unpaired) electrons. The summed E-state index contributed by atoms with van der Waals surface area (Å²) in [7, 11) is 1.57. The number of pyridine rings is 1. The maximum atomic E-state index is 10.2. The molecule has 8 heteroatoms. The lowest BCUT2D eigenvalue weighted by molar-refractivity contribution is 0.0135. The molecule has 1 saturated heterocycles. The van der Waals surface area contributed by atoms with E-state index in [1.165, 1.54) is 0 Å². The van der Waals surface area contributed by atoms with Crippen LogP contribution in [0.15, 0.2) is 36.5 Å². The van der Waals surface area contributed by atoms with Gasteiger partial charge in [-0.3, -0.25) is 0 Å². The SMILES string of the molecule is COc1cc(Nc2ccc(N3CC(OCCO)C3)cc2)c(NC(O)C(C)C)cn1. The Hall–Kier alpha value is -2.55. The molecule has 2 heterocycles. The molecule has 1 aromatic heterocycles. The number of methoxy groups -OCH3 is 1. The summed E-state index contributed by atoms with van der Waals surface area (Å²) in [6.45, 7) is 5.98. The number of benzene rings is 1. The average molecular weight is 402 g/mol. The minimum absolute atomic E-state index is 0.0572. The summed E-state index contributed by atoms with van der Waals surface area (Å²) in [4.78, 5) is 6.46. The topological polar surface area (TPSA) is 99.1 Å². The second kappa shape index (κ2) is 9.78. The second-order valence-electron chi connectivity index (χ2n) is 7.40. The van der Waals surface area contributed by atoms with E-state index in [1.807, 2.05) is 26.0 Å². The molecule has 4 N–H and O–H groups in total. The van der Waals surface area contributed by atoms with Crippen molar-refractivity contribution in [2.45, 2.75) is 26.2 Å². The smallest absolute Gasteiger partial charge is 0.215 e. The normalized spacial score (nSPS) is 15.2. The number of nitrogens with one attached hydrogen (secondary N) is 2. The van der Waals surface area contributed by atoms with Gasteiger partial charge in [0, 0.05) is 30.5 Å². The zero-order valence-corrected chi connectivity index (χ0v) is 17.1. The maximum absolute atomic E-state index is 10.2. The second-order valence-corrected chi connectivity index (χ2v) is 7.40. The standard InChI is InChI=1S/C21H30N4O4/c1-14(2)21(27)24-19-11-22-20(28-3)10-18(19)23-15-4-6-16(7-5-15)25-12-17(13-25)29-9-8-26/h4-7,10-11,14,17,21,24,26-27H,8-9,12-13H2,1-3H3,(H,22,23). The minimum Gasteiger partial charge on any atom is -0.481 e. The molecule has 1 aromatic carbocycles. The molecule has 1 atom stereocenters. The van der Waals surface area contributed by atoms with Crippen LogP contribution in [0.4, 0.5) is 22.7 Å². The van der Waals surface area contributed by atoms with Gasteiger partial charge in [-0.1, -0.05) is 13.8 Å². The minimum atomic E-state index is -0.680. The summed E-state index contributed by atoms with van der Waals surface area (Å²) in [5, 5.41) is 25.4.